The van der Waals surface area contributed by atoms with Crippen molar-refractivity contribution < 1.29 is 27.8 Å². The first-order chi connectivity index (χ1) is 6.91. The van der Waals surface area contributed by atoms with Crippen LogP contribution in [0.25, 0.3) is 0 Å². The zero-order valence-electron chi connectivity index (χ0n) is 7.01. The van der Waals surface area contributed by atoms with Crippen molar-refractivity contribution in [3.63, 3.8) is 0 Å². The summed E-state index contributed by atoms with van der Waals surface area (Å²) >= 11 is 5.35. The molecule has 0 spiro atoms. The molecule has 1 aromatic rings. The first-order valence-electron chi connectivity index (χ1n) is 3.59. The monoisotopic (exact) mass is 240 g/mol. The summed E-state index contributed by atoms with van der Waals surface area (Å²) in [6, 6.07) is 1.50. The third-order valence-corrected chi connectivity index (χ3v) is 1.67. The van der Waals surface area contributed by atoms with E-state index in [-0.39, 0.29) is 5.02 Å². The fraction of sp³-hybridized carbons (Fsp3) is 0.125. The number of hydrogen-bond acceptors (Lipinski definition) is 2. The van der Waals surface area contributed by atoms with Crippen LogP contribution in [0.4, 0.5) is 13.2 Å². The predicted molar refractivity (Wildman–Crippen MR) is 45.0 cm³/mol. The average Bonchev–Trinajstić information content (AvgIpc) is 1.99. The molecule has 0 unspecified atom stereocenters. The van der Waals surface area contributed by atoms with Gasteiger partial charge in [0.05, 0.1) is 0 Å². The smallest absolute Gasteiger partial charge is 0.387 e. The second-order valence-electron chi connectivity index (χ2n) is 2.44. The van der Waals surface area contributed by atoms with E-state index >= 15 is 0 Å². The Morgan fingerprint density at radius 1 is 1.47 bits per heavy atom. The van der Waals surface area contributed by atoms with Gasteiger partial charge in [0.25, 0.3) is 0 Å². The van der Waals surface area contributed by atoms with Gasteiger partial charge in [-0.15, -0.1) is 0 Å². The van der Waals surface area contributed by atoms with Crippen LogP contribution in [0.15, 0.2) is 12.1 Å². The summed E-state index contributed by atoms with van der Waals surface area (Å²) in [5.74, 6) is -3.74. The van der Waals surface area contributed by atoms with Gasteiger partial charge in [-0.1, -0.05) is 11.6 Å². The molecule has 15 heavy (non-hydrogen) atoms. The molecule has 0 saturated heterocycles. The van der Waals surface area contributed by atoms with Gasteiger partial charge in [0.1, 0.15) is 17.1 Å². The van der Waals surface area contributed by atoms with Crippen molar-refractivity contribution >= 4 is 17.6 Å². The van der Waals surface area contributed by atoms with Gasteiger partial charge in [0.15, 0.2) is 0 Å². The fourth-order valence-corrected chi connectivity index (χ4v) is 1.14. The number of halogens is 4. The molecule has 0 bridgehead atoms. The Morgan fingerprint density at radius 3 is 2.53 bits per heavy atom. The molecule has 0 saturated carbocycles. The summed E-state index contributed by atoms with van der Waals surface area (Å²) in [5.41, 5.74) is -0.972. The number of alkyl halides is 2. The van der Waals surface area contributed by atoms with Crippen molar-refractivity contribution in [2.45, 2.75) is 6.61 Å². The van der Waals surface area contributed by atoms with Crippen molar-refractivity contribution in [3.05, 3.63) is 28.5 Å². The number of rotatable bonds is 3. The zero-order valence-corrected chi connectivity index (χ0v) is 7.76. The number of aromatic carboxylic acids is 1. The van der Waals surface area contributed by atoms with E-state index in [0.29, 0.717) is 6.07 Å². The van der Waals surface area contributed by atoms with Crippen LogP contribution < -0.4 is 4.74 Å². The molecular weight excluding hydrogens is 237 g/mol. The van der Waals surface area contributed by atoms with E-state index in [2.05, 4.69) is 4.74 Å². The summed E-state index contributed by atoms with van der Waals surface area (Å²) in [4.78, 5) is 10.5. The molecule has 7 heteroatoms. The summed E-state index contributed by atoms with van der Waals surface area (Å²) in [5, 5.41) is 8.31. The highest BCUT2D eigenvalue weighted by atomic mass is 35.5. The van der Waals surface area contributed by atoms with Gasteiger partial charge in [0.2, 0.25) is 0 Å². The first-order valence-corrected chi connectivity index (χ1v) is 3.96. The van der Waals surface area contributed by atoms with E-state index in [0.717, 1.165) is 6.07 Å². The maximum absolute atomic E-state index is 13.0. The number of ether oxygens (including phenoxy) is 1. The van der Waals surface area contributed by atoms with Gasteiger partial charge in [-0.2, -0.15) is 8.78 Å². The maximum Gasteiger partial charge on any atom is 0.387 e. The topological polar surface area (TPSA) is 46.5 Å². The lowest BCUT2D eigenvalue weighted by Crippen LogP contribution is -2.09. The highest BCUT2D eigenvalue weighted by molar-refractivity contribution is 6.30. The van der Waals surface area contributed by atoms with Crippen LogP contribution >= 0.6 is 11.6 Å². The maximum atomic E-state index is 13.0. The number of carboxylic acid groups (broad SMARTS) is 1. The summed E-state index contributed by atoms with van der Waals surface area (Å²) in [6.07, 6.45) is 0. The fourth-order valence-electron chi connectivity index (χ4n) is 0.946. The summed E-state index contributed by atoms with van der Waals surface area (Å²) in [7, 11) is 0. The molecule has 0 radical (unpaired) electrons. The van der Waals surface area contributed by atoms with Gasteiger partial charge in [-0.25, -0.2) is 9.18 Å². The summed E-state index contributed by atoms with van der Waals surface area (Å²) in [6.45, 7) is -3.25. The Morgan fingerprint density at radius 2 is 2.07 bits per heavy atom. The molecule has 0 fully saturated rings. The number of carbonyl (C=O) groups is 1. The van der Waals surface area contributed by atoms with Crippen LogP contribution in [-0.4, -0.2) is 17.7 Å². The van der Waals surface area contributed by atoms with Gasteiger partial charge in [0, 0.05) is 11.1 Å². The molecule has 3 nitrogen and oxygen atoms in total. The molecule has 0 aliphatic carbocycles. The quantitative estimate of drug-likeness (QED) is 0.884. The van der Waals surface area contributed by atoms with E-state index in [1.165, 1.54) is 0 Å². The van der Waals surface area contributed by atoms with Crippen LogP contribution in [0.1, 0.15) is 10.4 Å². The minimum atomic E-state index is -3.25. The van der Waals surface area contributed by atoms with Crippen molar-refractivity contribution in [2.75, 3.05) is 0 Å². The lowest BCUT2D eigenvalue weighted by atomic mass is 10.2. The molecule has 0 aliphatic heterocycles. The molecule has 0 amide bonds. The SMILES string of the molecule is O=C(O)c1c(F)cc(Cl)cc1OC(F)F. The Kier molecular flexibility index (Phi) is 3.41. The number of benzene rings is 1. The molecule has 1 N–H and O–H groups in total. The molecule has 0 heterocycles. The molecule has 82 valence electrons. The number of carboxylic acids is 1. The van der Waals surface area contributed by atoms with Gasteiger partial charge >= 0.3 is 12.6 Å². The lowest BCUT2D eigenvalue weighted by molar-refractivity contribution is -0.0505. The van der Waals surface area contributed by atoms with Crippen LogP contribution in [0.5, 0.6) is 5.75 Å². The Balaban J connectivity index is 3.27. The van der Waals surface area contributed by atoms with E-state index < -0.39 is 29.7 Å². The second kappa shape index (κ2) is 4.39. The molecule has 0 aliphatic rings. The Labute approximate surface area is 87.0 Å². The van der Waals surface area contributed by atoms with Crippen LogP contribution in [-0.2, 0) is 0 Å². The van der Waals surface area contributed by atoms with Crippen LogP contribution in [0.3, 0.4) is 0 Å². The third-order valence-electron chi connectivity index (χ3n) is 1.45. The Hall–Kier alpha value is -1.43. The van der Waals surface area contributed by atoms with Gasteiger partial charge in [-0.05, 0) is 6.07 Å². The van der Waals surface area contributed by atoms with Crippen molar-refractivity contribution in [3.8, 4) is 5.75 Å². The zero-order chi connectivity index (χ0) is 11.6. The minimum absolute atomic E-state index is 0.229. The standard InChI is InChI=1S/C8H4ClF3O3/c9-3-1-4(10)6(7(13)14)5(2-3)15-8(11)12/h1-2,8H,(H,13,14). The normalized spacial score (nSPS) is 10.5. The molecule has 0 aromatic heterocycles. The van der Waals surface area contributed by atoms with Crippen molar-refractivity contribution in [1.29, 1.82) is 0 Å². The second-order valence-corrected chi connectivity index (χ2v) is 2.88. The van der Waals surface area contributed by atoms with Gasteiger partial charge < -0.3 is 9.84 Å². The van der Waals surface area contributed by atoms with Gasteiger partial charge in [-0.3, -0.25) is 0 Å². The number of hydrogen-bond donors (Lipinski definition) is 1. The molecule has 0 atom stereocenters. The highest BCUT2D eigenvalue weighted by Gasteiger charge is 2.20. The average molecular weight is 241 g/mol. The van der Waals surface area contributed by atoms with E-state index in [4.69, 9.17) is 16.7 Å². The lowest BCUT2D eigenvalue weighted by Gasteiger charge is -2.08. The largest absolute Gasteiger partial charge is 0.477 e. The predicted octanol–water partition coefficient (Wildman–Crippen LogP) is 2.78. The third kappa shape index (κ3) is 2.76. The summed E-state index contributed by atoms with van der Waals surface area (Å²) < 4.78 is 40.5. The van der Waals surface area contributed by atoms with E-state index in [9.17, 15) is 18.0 Å². The molecular formula is C8H4ClF3O3. The highest BCUT2D eigenvalue weighted by Crippen LogP contribution is 2.27. The van der Waals surface area contributed by atoms with Crippen LogP contribution in [0.2, 0.25) is 5.02 Å². The van der Waals surface area contributed by atoms with Crippen molar-refractivity contribution in [1.82, 2.24) is 0 Å². The first kappa shape index (κ1) is 11.6. The van der Waals surface area contributed by atoms with E-state index in [1.807, 2.05) is 0 Å². The Bertz CT molecular complexity index is 395. The van der Waals surface area contributed by atoms with E-state index in [1.54, 1.807) is 0 Å². The molecule has 1 aromatic carbocycles. The molecule has 1 rings (SSSR count). The van der Waals surface area contributed by atoms with Crippen LogP contribution in [0, 0.1) is 5.82 Å². The minimum Gasteiger partial charge on any atom is -0.477 e. The van der Waals surface area contributed by atoms with Crippen molar-refractivity contribution in [2.24, 2.45) is 0 Å².